The summed E-state index contributed by atoms with van der Waals surface area (Å²) in [4.78, 5) is 17.7. The maximum Gasteiger partial charge on any atom is 0.225 e. The van der Waals surface area contributed by atoms with Gasteiger partial charge in [0.1, 0.15) is 0 Å². The van der Waals surface area contributed by atoms with Crippen LogP contribution >= 0.6 is 11.3 Å². The van der Waals surface area contributed by atoms with Crippen LogP contribution < -0.4 is 10.2 Å². The number of nitrogens with one attached hydrogen (secondary N) is 1. The van der Waals surface area contributed by atoms with E-state index in [4.69, 9.17) is 0 Å². The van der Waals surface area contributed by atoms with Crippen LogP contribution in [0.5, 0.6) is 0 Å². The average molecular weight is 311 g/mol. The second-order valence-corrected chi connectivity index (χ2v) is 6.54. The van der Waals surface area contributed by atoms with Crippen LogP contribution in [-0.2, 0) is 11.3 Å². The van der Waals surface area contributed by atoms with Gasteiger partial charge in [-0.25, -0.2) is 4.98 Å². The lowest BCUT2D eigenvalue weighted by atomic mass is 9.87. The molecule has 0 aromatic carbocycles. The summed E-state index contributed by atoms with van der Waals surface area (Å²) in [5, 5.41) is 15.9. The Morgan fingerprint density at radius 1 is 1.57 bits per heavy atom. The van der Waals surface area contributed by atoms with Gasteiger partial charge < -0.3 is 10.4 Å². The number of nitrogens with zero attached hydrogens (tertiary/aromatic N) is 2. The first-order valence-electron chi connectivity index (χ1n) is 7.71. The van der Waals surface area contributed by atoms with Crippen molar-refractivity contribution in [1.82, 2.24) is 10.3 Å². The summed E-state index contributed by atoms with van der Waals surface area (Å²) in [6.45, 7) is 5.81. The third-order valence-electron chi connectivity index (χ3n) is 3.96. The highest BCUT2D eigenvalue weighted by Crippen LogP contribution is 2.24. The Bertz CT molecular complexity index is 464. The topological polar surface area (TPSA) is 65.5 Å². The van der Waals surface area contributed by atoms with E-state index >= 15 is 0 Å². The summed E-state index contributed by atoms with van der Waals surface area (Å²) >= 11 is 1.51. The lowest BCUT2D eigenvalue weighted by Gasteiger charge is -2.25. The molecule has 2 unspecified atom stereocenters. The highest BCUT2D eigenvalue weighted by Gasteiger charge is 2.19. The van der Waals surface area contributed by atoms with E-state index in [1.165, 1.54) is 17.8 Å². The van der Waals surface area contributed by atoms with Crippen molar-refractivity contribution < 1.29 is 9.90 Å². The van der Waals surface area contributed by atoms with Gasteiger partial charge in [0.15, 0.2) is 5.13 Å². The van der Waals surface area contributed by atoms with Crippen LogP contribution in [0.1, 0.15) is 45.2 Å². The van der Waals surface area contributed by atoms with Crippen LogP contribution in [0.3, 0.4) is 0 Å². The molecule has 2 rings (SSSR count). The van der Waals surface area contributed by atoms with Gasteiger partial charge in [-0.2, -0.15) is 0 Å². The molecule has 1 amide bonds. The lowest BCUT2D eigenvalue weighted by molar-refractivity contribution is -0.116. The van der Waals surface area contributed by atoms with Crippen LogP contribution in [0.15, 0.2) is 5.38 Å². The number of carbonyl (C=O) groups is 1. The molecule has 1 aliphatic rings. The minimum absolute atomic E-state index is 0.0301. The molecule has 1 heterocycles. The van der Waals surface area contributed by atoms with Crippen LogP contribution in [-0.4, -0.2) is 35.2 Å². The predicted octanol–water partition coefficient (Wildman–Crippen LogP) is 2.16. The minimum Gasteiger partial charge on any atom is -0.393 e. The minimum atomic E-state index is -0.120. The Morgan fingerprint density at radius 3 is 3.05 bits per heavy atom. The van der Waals surface area contributed by atoms with Crippen molar-refractivity contribution in [3.05, 3.63) is 11.1 Å². The van der Waals surface area contributed by atoms with Crippen LogP contribution in [0.2, 0.25) is 0 Å². The molecule has 0 bridgehead atoms. The van der Waals surface area contributed by atoms with Crippen LogP contribution in [0.4, 0.5) is 5.13 Å². The first kappa shape index (κ1) is 16.4. The molecule has 0 spiro atoms. The lowest BCUT2D eigenvalue weighted by Crippen LogP contribution is -2.29. The van der Waals surface area contributed by atoms with Crippen LogP contribution in [0.25, 0.3) is 0 Å². The van der Waals surface area contributed by atoms with Crippen molar-refractivity contribution in [2.45, 2.75) is 52.2 Å². The predicted molar refractivity (Wildman–Crippen MR) is 85.5 cm³/mol. The average Bonchev–Trinajstić information content (AvgIpc) is 2.88. The van der Waals surface area contributed by atoms with E-state index in [1.54, 1.807) is 11.8 Å². The second kappa shape index (κ2) is 7.87. The van der Waals surface area contributed by atoms with E-state index in [0.29, 0.717) is 12.5 Å². The Hall–Kier alpha value is -0.980. The SMILES string of the molecule is CCN(C(C)=O)c1nc(CNCC2CCCC(O)C2)cs1. The molecule has 2 atom stereocenters. The first-order valence-corrected chi connectivity index (χ1v) is 8.59. The van der Waals surface area contributed by atoms with Crippen molar-refractivity contribution in [3.8, 4) is 0 Å². The molecule has 21 heavy (non-hydrogen) atoms. The molecule has 118 valence electrons. The van der Waals surface area contributed by atoms with Gasteiger partial charge in [0.25, 0.3) is 0 Å². The number of anilines is 1. The molecule has 1 aliphatic carbocycles. The number of thiazole rings is 1. The van der Waals surface area contributed by atoms with E-state index in [1.807, 2.05) is 12.3 Å². The highest BCUT2D eigenvalue weighted by atomic mass is 32.1. The molecule has 1 aromatic rings. The van der Waals surface area contributed by atoms with Crippen molar-refractivity contribution in [2.75, 3.05) is 18.0 Å². The number of hydrogen-bond donors (Lipinski definition) is 2. The fraction of sp³-hybridized carbons (Fsp3) is 0.733. The summed E-state index contributed by atoms with van der Waals surface area (Å²) in [6.07, 6.45) is 4.05. The summed E-state index contributed by atoms with van der Waals surface area (Å²) in [7, 11) is 0. The molecule has 0 saturated heterocycles. The number of hydrogen-bond acceptors (Lipinski definition) is 5. The Morgan fingerprint density at radius 2 is 2.38 bits per heavy atom. The maximum absolute atomic E-state index is 11.5. The zero-order valence-corrected chi connectivity index (χ0v) is 13.7. The highest BCUT2D eigenvalue weighted by molar-refractivity contribution is 7.14. The molecule has 5 nitrogen and oxygen atoms in total. The molecular formula is C15H25N3O2S. The van der Waals surface area contributed by atoms with E-state index in [0.717, 1.165) is 43.2 Å². The van der Waals surface area contributed by atoms with Gasteiger partial charge in [0, 0.05) is 25.4 Å². The van der Waals surface area contributed by atoms with Gasteiger partial charge in [0.05, 0.1) is 11.8 Å². The van der Waals surface area contributed by atoms with E-state index < -0.39 is 0 Å². The second-order valence-electron chi connectivity index (χ2n) is 5.70. The summed E-state index contributed by atoms with van der Waals surface area (Å²) in [5.74, 6) is 0.596. The van der Waals surface area contributed by atoms with Gasteiger partial charge in [-0.1, -0.05) is 6.42 Å². The molecule has 6 heteroatoms. The smallest absolute Gasteiger partial charge is 0.225 e. The van der Waals surface area contributed by atoms with Gasteiger partial charge >= 0.3 is 0 Å². The van der Waals surface area contributed by atoms with Crippen molar-refractivity contribution in [2.24, 2.45) is 5.92 Å². The van der Waals surface area contributed by atoms with E-state index in [9.17, 15) is 9.90 Å². The van der Waals surface area contributed by atoms with Crippen molar-refractivity contribution in [3.63, 3.8) is 0 Å². The fourth-order valence-electron chi connectivity index (χ4n) is 2.85. The van der Waals surface area contributed by atoms with Gasteiger partial charge in [0.2, 0.25) is 5.91 Å². The fourth-order valence-corrected chi connectivity index (χ4v) is 3.78. The normalized spacial score (nSPS) is 22.2. The molecule has 2 N–H and O–H groups in total. The molecule has 1 fully saturated rings. The van der Waals surface area contributed by atoms with Gasteiger partial charge in [-0.05, 0) is 38.6 Å². The Kier molecular flexibility index (Phi) is 6.14. The first-order chi connectivity index (χ1) is 10.1. The van der Waals surface area contributed by atoms with E-state index in [-0.39, 0.29) is 12.0 Å². The molecule has 1 aromatic heterocycles. The van der Waals surface area contributed by atoms with Gasteiger partial charge in [-0.3, -0.25) is 9.69 Å². The maximum atomic E-state index is 11.5. The summed E-state index contributed by atoms with van der Waals surface area (Å²) in [5.41, 5.74) is 0.978. The number of aromatic nitrogens is 1. The number of amides is 1. The number of aliphatic hydroxyl groups is 1. The molecule has 0 radical (unpaired) electrons. The number of carbonyl (C=O) groups excluding carboxylic acids is 1. The Labute approximate surface area is 130 Å². The third-order valence-corrected chi connectivity index (χ3v) is 4.87. The summed E-state index contributed by atoms with van der Waals surface area (Å²) < 4.78 is 0. The van der Waals surface area contributed by atoms with Gasteiger partial charge in [-0.15, -0.1) is 11.3 Å². The quantitative estimate of drug-likeness (QED) is 0.845. The monoisotopic (exact) mass is 311 g/mol. The van der Waals surface area contributed by atoms with Crippen molar-refractivity contribution >= 4 is 22.4 Å². The standard InChI is InChI=1S/C15H25N3O2S/c1-3-18(11(2)19)15-17-13(10-21-15)9-16-8-12-5-4-6-14(20)7-12/h10,12,14,16,20H,3-9H2,1-2H3. The summed E-state index contributed by atoms with van der Waals surface area (Å²) in [6, 6.07) is 0. The zero-order valence-electron chi connectivity index (χ0n) is 12.8. The number of rotatable bonds is 6. The third kappa shape index (κ3) is 4.76. The molecular weight excluding hydrogens is 286 g/mol. The zero-order chi connectivity index (χ0) is 15.2. The van der Waals surface area contributed by atoms with E-state index in [2.05, 4.69) is 10.3 Å². The molecule has 0 aliphatic heterocycles. The Balaban J connectivity index is 1.79. The molecule has 1 saturated carbocycles. The largest absolute Gasteiger partial charge is 0.393 e. The van der Waals surface area contributed by atoms with Crippen LogP contribution in [0, 0.1) is 5.92 Å². The number of aliphatic hydroxyl groups excluding tert-OH is 1. The van der Waals surface area contributed by atoms with Crippen molar-refractivity contribution in [1.29, 1.82) is 0 Å².